The van der Waals surface area contributed by atoms with E-state index in [0.29, 0.717) is 12.1 Å². The summed E-state index contributed by atoms with van der Waals surface area (Å²) in [5.74, 6) is 0. The summed E-state index contributed by atoms with van der Waals surface area (Å²) >= 11 is 0. The van der Waals surface area contributed by atoms with Gasteiger partial charge in [-0.05, 0) is 31.8 Å². The maximum atomic E-state index is 4.79. The molecule has 2 unspecified atom stereocenters. The van der Waals surface area contributed by atoms with Crippen molar-refractivity contribution in [3.63, 3.8) is 0 Å². The van der Waals surface area contributed by atoms with E-state index in [0.717, 1.165) is 6.42 Å². The topological polar surface area (TPSA) is 24.4 Å². The van der Waals surface area contributed by atoms with Crippen molar-refractivity contribution in [1.82, 2.24) is 5.32 Å². The van der Waals surface area contributed by atoms with E-state index in [1.165, 1.54) is 37.1 Å². The molecule has 1 heterocycles. The Kier molecular flexibility index (Phi) is 2.02. The molecule has 1 saturated carbocycles. The summed E-state index contributed by atoms with van der Waals surface area (Å²) in [5.41, 5.74) is 2.65. The Bertz CT molecular complexity index is 325. The van der Waals surface area contributed by atoms with Gasteiger partial charge in [0.15, 0.2) is 0 Å². The molecular formula is C12H16N2. The lowest BCUT2D eigenvalue weighted by Gasteiger charge is -2.35. The minimum absolute atomic E-state index is 0.492. The first-order valence-corrected chi connectivity index (χ1v) is 5.64. The second-order valence-electron chi connectivity index (χ2n) is 4.38. The molecule has 2 atom stereocenters. The molecule has 2 aliphatic carbocycles. The van der Waals surface area contributed by atoms with Crippen LogP contribution < -0.4 is 5.32 Å². The van der Waals surface area contributed by atoms with E-state index in [2.05, 4.69) is 23.5 Å². The molecule has 1 fully saturated rings. The van der Waals surface area contributed by atoms with Gasteiger partial charge in [0.2, 0.25) is 0 Å². The van der Waals surface area contributed by atoms with Crippen LogP contribution in [0.3, 0.4) is 0 Å². The fourth-order valence-corrected chi connectivity index (χ4v) is 2.60. The molecule has 0 aromatic heterocycles. The van der Waals surface area contributed by atoms with Crippen molar-refractivity contribution < 1.29 is 0 Å². The molecule has 3 aliphatic rings. The van der Waals surface area contributed by atoms with Gasteiger partial charge < -0.3 is 5.32 Å². The van der Waals surface area contributed by atoms with Gasteiger partial charge in [-0.3, -0.25) is 4.99 Å². The Morgan fingerprint density at radius 3 is 3.29 bits per heavy atom. The summed E-state index contributed by atoms with van der Waals surface area (Å²) in [5, 5.41) is 3.71. The monoisotopic (exact) mass is 188 g/mol. The number of nitrogens with zero attached hydrogens (tertiary/aromatic N) is 1. The summed E-state index contributed by atoms with van der Waals surface area (Å²) in [4.78, 5) is 4.79. The first kappa shape index (κ1) is 8.42. The number of hydrogen-bond donors (Lipinski definition) is 1. The second-order valence-corrected chi connectivity index (χ2v) is 4.38. The fraction of sp³-hybridized carbons (Fsp3) is 0.583. The number of nitrogens with one attached hydrogen (secondary N) is 1. The zero-order valence-electron chi connectivity index (χ0n) is 8.37. The molecule has 0 saturated heterocycles. The van der Waals surface area contributed by atoms with Crippen molar-refractivity contribution in [2.45, 2.75) is 44.2 Å². The SMILES string of the molecule is C1=CCC2NC3CCCCC3=NC2=C1. The average molecular weight is 188 g/mol. The van der Waals surface area contributed by atoms with Crippen LogP contribution in [-0.4, -0.2) is 17.8 Å². The summed E-state index contributed by atoms with van der Waals surface area (Å²) in [6.45, 7) is 0. The number of rotatable bonds is 0. The Morgan fingerprint density at radius 1 is 1.29 bits per heavy atom. The normalized spacial score (nSPS) is 35.4. The van der Waals surface area contributed by atoms with Gasteiger partial charge >= 0.3 is 0 Å². The molecule has 1 aliphatic heterocycles. The van der Waals surface area contributed by atoms with Gasteiger partial charge in [-0.2, -0.15) is 0 Å². The zero-order valence-corrected chi connectivity index (χ0v) is 8.37. The Hall–Kier alpha value is -0.890. The van der Waals surface area contributed by atoms with E-state index >= 15 is 0 Å². The Labute approximate surface area is 84.8 Å². The summed E-state index contributed by atoms with van der Waals surface area (Å²) in [6, 6.07) is 1.07. The summed E-state index contributed by atoms with van der Waals surface area (Å²) < 4.78 is 0. The van der Waals surface area contributed by atoms with Gasteiger partial charge in [0, 0.05) is 11.8 Å². The van der Waals surface area contributed by atoms with Crippen LogP contribution in [-0.2, 0) is 0 Å². The number of aliphatic imine (C=N–C) groups is 1. The average Bonchev–Trinajstić information content (AvgIpc) is 2.26. The fourth-order valence-electron chi connectivity index (χ4n) is 2.60. The second kappa shape index (κ2) is 3.35. The minimum atomic E-state index is 0.492. The first-order valence-electron chi connectivity index (χ1n) is 5.64. The molecule has 0 aromatic carbocycles. The van der Waals surface area contributed by atoms with E-state index < -0.39 is 0 Å². The third kappa shape index (κ3) is 1.34. The van der Waals surface area contributed by atoms with Crippen LogP contribution in [0.25, 0.3) is 0 Å². The van der Waals surface area contributed by atoms with Crippen LogP contribution in [0.4, 0.5) is 0 Å². The quantitative estimate of drug-likeness (QED) is 0.619. The molecule has 74 valence electrons. The van der Waals surface area contributed by atoms with Gasteiger partial charge in [0.25, 0.3) is 0 Å². The van der Waals surface area contributed by atoms with Gasteiger partial charge in [0.1, 0.15) is 0 Å². The minimum Gasteiger partial charge on any atom is -0.300 e. The molecule has 1 N–H and O–H groups in total. The summed E-state index contributed by atoms with van der Waals surface area (Å²) in [6.07, 6.45) is 12.8. The van der Waals surface area contributed by atoms with Crippen molar-refractivity contribution in [2.75, 3.05) is 0 Å². The van der Waals surface area contributed by atoms with Crippen molar-refractivity contribution in [1.29, 1.82) is 0 Å². The molecule has 0 radical (unpaired) electrons. The van der Waals surface area contributed by atoms with Crippen LogP contribution in [0.15, 0.2) is 28.9 Å². The number of allylic oxidation sites excluding steroid dienone is 2. The van der Waals surface area contributed by atoms with Crippen LogP contribution in [0.2, 0.25) is 0 Å². The molecular weight excluding hydrogens is 172 g/mol. The third-order valence-electron chi connectivity index (χ3n) is 3.38. The smallest absolute Gasteiger partial charge is 0.0576 e. The largest absolute Gasteiger partial charge is 0.300 e. The van der Waals surface area contributed by atoms with E-state index in [4.69, 9.17) is 4.99 Å². The van der Waals surface area contributed by atoms with Crippen LogP contribution in [0.5, 0.6) is 0 Å². The first-order chi connectivity index (χ1) is 6.93. The van der Waals surface area contributed by atoms with Gasteiger partial charge in [0.05, 0.1) is 11.7 Å². The van der Waals surface area contributed by atoms with Gasteiger partial charge in [-0.25, -0.2) is 0 Å². The highest BCUT2D eigenvalue weighted by Crippen LogP contribution is 2.26. The lowest BCUT2D eigenvalue weighted by Crippen LogP contribution is -2.49. The molecule has 0 amide bonds. The van der Waals surface area contributed by atoms with Gasteiger partial charge in [-0.15, -0.1) is 0 Å². The zero-order chi connectivity index (χ0) is 9.38. The van der Waals surface area contributed by atoms with Crippen molar-refractivity contribution in [3.8, 4) is 0 Å². The predicted octanol–water partition coefficient (Wildman–Crippen LogP) is 2.19. The van der Waals surface area contributed by atoms with Crippen molar-refractivity contribution in [3.05, 3.63) is 23.9 Å². The number of hydrogen-bond acceptors (Lipinski definition) is 2. The number of fused-ring (bicyclic) bond motifs is 2. The highest BCUT2D eigenvalue weighted by Gasteiger charge is 2.29. The van der Waals surface area contributed by atoms with E-state index in [9.17, 15) is 0 Å². The predicted molar refractivity (Wildman–Crippen MR) is 58.5 cm³/mol. The van der Waals surface area contributed by atoms with E-state index in [1.807, 2.05) is 0 Å². The standard InChI is InChI=1S/C12H16N2/c1-2-6-10-9(5-1)13-11-7-3-4-8-12(11)14-10/h1-2,5,10,12,14H,3-4,6-8H2. The van der Waals surface area contributed by atoms with Crippen molar-refractivity contribution in [2.24, 2.45) is 4.99 Å². The van der Waals surface area contributed by atoms with E-state index in [1.54, 1.807) is 0 Å². The molecule has 2 heteroatoms. The molecule has 0 aromatic rings. The molecule has 2 nitrogen and oxygen atoms in total. The highest BCUT2D eigenvalue weighted by molar-refractivity contribution is 5.92. The highest BCUT2D eigenvalue weighted by atomic mass is 15.1. The molecule has 14 heavy (non-hydrogen) atoms. The maximum Gasteiger partial charge on any atom is 0.0576 e. The van der Waals surface area contributed by atoms with Crippen LogP contribution >= 0.6 is 0 Å². The van der Waals surface area contributed by atoms with Gasteiger partial charge in [-0.1, -0.05) is 18.6 Å². The third-order valence-corrected chi connectivity index (χ3v) is 3.38. The maximum absolute atomic E-state index is 4.79. The lowest BCUT2D eigenvalue weighted by molar-refractivity contribution is 0.448. The van der Waals surface area contributed by atoms with Crippen LogP contribution in [0, 0.1) is 0 Å². The molecule has 0 spiro atoms. The van der Waals surface area contributed by atoms with E-state index in [-0.39, 0.29) is 0 Å². The van der Waals surface area contributed by atoms with Crippen molar-refractivity contribution >= 4 is 5.71 Å². The Balaban J connectivity index is 1.92. The summed E-state index contributed by atoms with van der Waals surface area (Å²) in [7, 11) is 0. The molecule has 0 bridgehead atoms. The molecule has 3 rings (SSSR count). The lowest BCUT2D eigenvalue weighted by atomic mass is 9.89. The Morgan fingerprint density at radius 2 is 2.29 bits per heavy atom. The van der Waals surface area contributed by atoms with Crippen LogP contribution in [0.1, 0.15) is 32.1 Å².